The third-order valence-electron chi connectivity index (χ3n) is 8.38. The molecular formula is C24H28N6O3. The van der Waals surface area contributed by atoms with Crippen molar-refractivity contribution in [3.05, 3.63) is 34.9 Å². The molecule has 9 heteroatoms. The highest BCUT2D eigenvalue weighted by atomic mass is 16.2. The number of amides is 3. The van der Waals surface area contributed by atoms with Crippen LogP contribution in [0.3, 0.4) is 0 Å². The van der Waals surface area contributed by atoms with Crippen LogP contribution >= 0.6 is 0 Å². The first-order chi connectivity index (χ1) is 15.9. The Bertz CT molecular complexity index is 1100. The first-order valence-electron chi connectivity index (χ1n) is 11.8. The standard InChI is InChI=1S/C24H28N6O3/c25-9-15-6-14-7-20(14)29(15)23(32)18(26)11-28-10-16-8-21(28)24(33)30(16)19-4-2-12-5-13(22(27)31)1-3-17(12)19/h1,3,5,14-16,18-21H,2,4,6-8,10-11,26H2,(H2,27,31)/t14-,15+,16-,18+,19+,20?,21-/m1/s1. The Balaban J connectivity index is 1.13. The van der Waals surface area contributed by atoms with E-state index in [9.17, 15) is 19.6 Å². The number of hydrogen-bond acceptors (Lipinski definition) is 6. The third kappa shape index (κ3) is 3.08. The number of fused-ring (bicyclic) bond motifs is 4. The van der Waals surface area contributed by atoms with Gasteiger partial charge in [0, 0.05) is 30.7 Å². The van der Waals surface area contributed by atoms with Crippen molar-refractivity contribution >= 4 is 17.7 Å². The van der Waals surface area contributed by atoms with E-state index in [-0.39, 0.29) is 42.0 Å². The lowest BCUT2D eigenvalue weighted by Crippen LogP contribution is -2.57. The summed E-state index contributed by atoms with van der Waals surface area (Å²) in [4.78, 5) is 43.6. The third-order valence-corrected chi connectivity index (χ3v) is 8.38. The molecule has 33 heavy (non-hydrogen) atoms. The van der Waals surface area contributed by atoms with Crippen LogP contribution in [0.4, 0.5) is 0 Å². The molecular weight excluding hydrogens is 420 g/mol. The number of piperidine rings is 1. The molecule has 2 bridgehead atoms. The van der Waals surface area contributed by atoms with Gasteiger partial charge in [0.25, 0.3) is 0 Å². The second-order valence-electron chi connectivity index (χ2n) is 10.2. The zero-order valence-electron chi connectivity index (χ0n) is 18.4. The van der Waals surface area contributed by atoms with Crippen molar-refractivity contribution in [1.29, 1.82) is 5.26 Å². The van der Waals surface area contributed by atoms with Gasteiger partial charge in [-0.3, -0.25) is 19.3 Å². The van der Waals surface area contributed by atoms with Crippen molar-refractivity contribution in [1.82, 2.24) is 14.7 Å². The van der Waals surface area contributed by atoms with E-state index >= 15 is 0 Å². The summed E-state index contributed by atoms with van der Waals surface area (Å²) < 4.78 is 0. The molecule has 0 aromatic heterocycles. The Hall–Kier alpha value is -2.96. The lowest BCUT2D eigenvalue weighted by molar-refractivity contribution is -0.141. The predicted molar refractivity (Wildman–Crippen MR) is 117 cm³/mol. The molecule has 6 rings (SSSR count). The van der Waals surface area contributed by atoms with Gasteiger partial charge in [0.15, 0.2) is 0 Å². The Morgan fingerprint density at radius 1 is 1.21 bits per heavy atom. The lowest BCUT2D eigenvalue weighted by atomic mass is 10.0. The van der Waals surface area contributed by atoms with Crippen molar-refractivity contribution in [3.63, 3.8) is 0 Å². The first kappa shape index (κ1) is 20.6. The molecule has 9 nitrogen and oxygen atoms in total. The summed E-state index contributed by atoms with van der Waals surface area (Å²) in [5.74, 6) is -0.0435. The number of hydrogen-bond donors (Lipinski definition) is 2. The minimum Gasteiger partial charge on any atom is -0.366 e. The van der Waals surface area contributed by atoms with Gasteiger partial charge in [0.05, 0.1) is 24.2 Å². The average Bonchev–Trinajstić information content (AvgIpc) is 3.15. The highest BCUT2D eigenvalue weighted by molar-refractivity contribution is 5.93. The fourth-order valence-electron chi connectivity index (χ4n) is 6.75. The molecule has 1 aromatic carbocycles. The number of nitrogens with two attached hydrogens (primary N) is 2. The predicted octanol–water partition coefficient (Wildman–Crippen LogP) is -0.102. The van der Waals surface area contributed by atoms with Crippen molar-refractivity contribution < 1.29 is 14.4 Å². The number of carbonyl (C=O) groups is 3. The van der Waals surface area contributed by atoms with Crippen LogP contribution in [0, 0.1) is 17.2 Å². The van der Waals surface area contributed by atoms with Crippen LogP contribution in [0.2, 0.25) is 0 Å². The Labute approximate surface area is 192 Å². The number of rotatable bonds is 5. The zero-order chi connectivity index (χ0) is 23.0. The molecule has 3 heterocycles. The SMILES string of the molecule is N#C[C@@H]1C[C@@H]2CC2N1C(=O)[C@@H](N)CN1C[C@H]2C[C@@H]1C(=O)N2[C@H]1CCc2cc(C(N)=O)ccc21. The maximum absolute atomic E-state index is 13.3. The van der Waals surface area contributed by atoms with Crippen LogP contribution in [0.1, 0.15) is 53.2 Å². The monoisotopic (exact) mass is 448 g/mol. The number of nitrogens with zero attached hydrogens (tertiary/aromatic N) is 4. The fraction of sp³-hybridized carbons (Fsp3) is 0.583. The van der Waals surface area contributed by atoms with Crippen molar-refractivity contribution in [2.45, 2.75) is 68.4 Å². The van der Waals surface area contributed by atoms with Gasteiger partial charge in [0.1, 0.15) is 6.04 Å². The number of primary amides is 1. The Morgan fingerprint density at radius 2 is 2.03 bits per heavy atom. The normalized spacial score (nSPS) is 34.8. The van der Waals surface area contributed by atoms with E-state index in [1.807, 2.05) is 17.0 Å². The minimum absolute atomic E-state index is 0.0228. The van der Waals surface area contributed by atoms with E-state index < -0.39 is 11.9 Å². The zero-order valence-corrected chi connectivity index (χ0v) is 18.4. The van der Waals surface area contributed by atoms with Crippen molar-refractivity contribution in [2.24, 2.45) is 17.4 Å². The lowest BCUT2D eigenvalue weighted by Gasteiger charge is -2.38. The Kier molecular flexibility index (Phi) is 4.55. The molecule has 0 spiro atoms. The van der Waals surface area contributed by atoms with E-state index in [0.29, 0.717) is 24.6 Å². The molecule has 2 aliphatic carbocycles. The molecule has 1 unspecified atom stereocenters. The molecule has 3 aliphatic heterocycles. The van der Waals surface area contributed by atoms with Gasteiger partial charge in [-0.05, 0) is 61.3 Å². The number of nitriles is 1. The largest absolute Gasteiger partial charge is 0.366 e. The van der Waals surface area contributed by atoms with Crippen LogP contribution in [0.15, 0.2) is 18.2 Å². The maximum Gasteiger partial charge on any atom is 0.248 e. The number of aryl methyl sites for hydroxylation is 1. The molecule has 4 N–H and O–H groups in total. The van der Waals surface area contributed by atoms with Gasteiger partial charge in [-0.2, -0.15) is 5.26 Å². The second kappa shape index (κ2) is 7.27. The second-order valence-corrected chi connectivity index (χ2v) is 10.2. The quantitative estimate of drug-likeness (QED) is 0.645. The summed E-state index contributed by atoms with van der Waals surface area (Å²) in [5.41, 5.74) is 14.4. The highest BCUT2D eigenvalue weighted by Gasteiger charge is 2.56. The van der Waals surface area contributed by atoms with Crippen LogP contribution in [0.25, 0.3) is 0 Å². The fourth-order valence-corrected chi connectivity index (χ4v) is 6.75. The topological polar surface area (TPSA) is 137 Å². The number of likely N-dealkylation sites (tertiary alicyclic amines) is 3. The summed E-state index contributed by atoms with van der Waals surface area (Å²) >= 11 is 0. The summed E-state index contributed by atoms with van der Waals surface area (Å²) in [7, 11) is 0. The van der Waals surface area contributed by atoms with Crippen LogP contribution in [0.5, 0.6) is 0 Å². The maximum atomic E-state index is 13.3. The molecule has 172 valence electrons. The van der Waals surface area contributed by atoms with E-state index in [2.05, 4.69) is 11.0 Å². The van der Waals surface area contributed by atoms with Gasteiger partial charge in [0.2, 0.25) is 17.7 Å². The molecule has 5 aliphatic rings. The molecule has 7 atom stereocenters. The van der Waals surface area contributed by atoms with Gasteiger partial charge >= 0.3 is 0 Å². The van der Waals surface area contributed by atoms with E-state index in [0.717, 1.165) is 43.2 Å². The van der Waals surface area contributed by atoms with E-state index in [4.69, 9.17) is 11.5 Å². The van der Waals surface area contributed by atoms with Crippen molar-refractivity contribution in [2.75, 3.05) is 13.1 Å². The smallest absolute Gasteiger partial charge is 0.248 e. The van der Waals surface area contributed by atoms with Crippen LogP contribution < -0.4 is 11.5 Å². The van der Waals surface area contributed by atoms with Gasteiger partial charge in [-0.1, -0.05) is 6.07 Å². The summed E-state index contributed by atoms with van der Waals surface area (Å²) in [6.07, 6.45) is 4.15. The summed E-state index contributed by atoms with van der Waals surface area (Å²) in [6.45, 7) is 1.05. The van der Waals surface area contributed by atoms with Crippen LogP contribution in [-0.2, 0) is 16.0 Å². The van der Waals surface area contributed by atoms with E-state index in [1.54, 1.807) is 11.0 Å². The molecule has 4 fully saturated rings. The van der Waals surface area contributed by atoms with Gasteiger partial charge in [-0.25, -0.2) is 0 Å². The highest BCUT2D eigenvalue weighted by Crippen LogP contribution is 2.48. The number of piperazine rings is 1. The molecule has 1 saturated carbocycles. The summed E-state index contributed by atoms with van der Waals surface area (Å²) in [6, 6.07) is 6.74. The average molecular weight is 449 g/mol. The van der Waals surface area contributed by atoms with Gasteiger partial charge < -0.3 is 21.3 Å². The minimum atomic E-state index is -0.722. The first-order valence-corrected chi connectivity index (χ1v) is 11.8. The molecule has 1 aromatic rings. The number of carbonyl (C=O) groups excluding carboxylic acids is 3. The Morgan fingerprint density at radius 3 is 2.76 bits per heavy atom. The van der Waals surface area contributed by atoms with Crippen molar-refractivity contribution in [3.8, 4) is 6.07 Å². The number of benzene rings is 1. The molecule has 3 amide bonds. The van der Waals surface area contributed by atoms with Gasteiger partial charge in [-0.15, -0.1) is 0 Å². The van der Waals surface area contributed by atoms with E-state index in [1.165, 1.54) is 0 Å². The summed E-state index contributed by atoms with van der Waals surface area (Å²) in [5, 5.41) is 9.39. The molecule has 0 radical (unpaired) electrons. The molecule has 3 saturated heterocycles. The van der Waals surface area contributed by atoms with Crippen LogP contribution in [-0.4, -0.2) is 75.7 Å².